The first-order chi connectivity index (χ1) is 15.7. The van der Waals surface area contributed by atoms with Crippen LogP contribution in [0.2, 0.25) is 5.02 Å². The Balaban J connectivity index is 1.59. The maximum Gasteiger partial charge on any atom is 0.276 e. The maximum atomic E-state index is 12.7. The van der Waals surface area contributed by atoms with Gasteiger partial charge in [-0.15, -0.1) is 0 Å². The molecular formula is C23H22ClN3O5S. The normalized spacial score (nSPS) is 11.0. The fraction of sp³-hybridized carbons (Fsp3) is 0.130. The molecule has 3 aromatic rings. The number of aryl methyl sites for hydroxylation is 1. The number of carbonyl (C=O) groups is 2. The summed E-state index contributed by atoms with van der Waals surface area (Å²) in [5.41, 5.74) is 6.19. The van der Waals surface area contributed by atoms with Crippen LogP contribution in [0.4, 0.5) is 0 Å². The van der Waals surface area contributed by atoms with Crippen molar-refractivity contribution in [1.29, 1.82) is 0 Å². The van der Waals surface area contributed by atoms with E-state index in [4.69, 9.17) is 16.3 Å². The molecule has 0 fully saturated rings. The van der Waals surface area contributed by atoms with Crippen molar-refractivity contribution >= 4 is 33.4 Å². The maximum absolute atomic E-state index is 12.7. The van der Waals surface area contributed by atoms with Crippen molar-refractivity contribution in [1.82, 2.24) is 15.6 Å². The number of carbonyl (C=O) groups excluding carboxylic acids is 2. The Morgan fingerprint density at radius 1 is 0.939 bits per heavy atom. The van der Waals surface area contributed by atoms with Gasteiger partial charge in [-0.05, 0) is 48.4 Å². The molecule has 0 aliphatic carbocycles. The molecule has 3 N–H and O–H groups in total. The molecule has 0 unspecified atom stereocenters. The summed E-state index contributed by atoms with van der Waals surface area (Å²) in [5.74, 6) is -0.779. The second kappa shape index (κ2) is 11.0. The van der Waals surface area contributed by atoms with Gasteiger partial charge in [0.25, 0.3) is 11.8 Å². The molecule has 0 heterocycles. The highest BCUT2D eigenvalue weighted by Crippen LogP contribution is 2.23. The van der Waals surface area contributed by atoms with Crippen molar-refractivity contribution in [2.45, 2.75) is 18.4 Å². The van der Waals surface area contributed by atoms with Gasteiger partial charge < -0.3 is 4.74 Å². The molecule has 2 amide bonds. The van der Waals surface area contributed by atoms with Crippen molar-refractivity contribution in [2.75, 3.05) is 6.61 Å². The molecular weight excluding hydrogens is 466 g/mol. The molecule has 172 valence electrons. The van der Waals surface area contributed by atoms with Crippen LogP contribution in [0.25, 0.3) is 0 Å². The van der Waals surface area contributed by atoms with Crippen LogP contribution in [-0.2, 0) is 21.4 Å². The fourth-order valence-corrected chi connectivity index (χ4v) is 4.33. The standard InChI is InChI=1S/C23H22ClN3O5S/c1-16-6-5-9-19(12-16)32-15-22(28)26-27-23(29)18-10-11-20(24)21(13-18)33(30,31)25-14-17-7-3-2-4-8-17/h2-13,25H,14-15H2,1H3,(H,26,28)(H,27,29). The molecule has 0 atom stereocenters. The smallest absolute Gasteiger partial charge is 0.276 e. The summed E-state index contributed by atoms with van der Waals surface area (Å²) in [7, 11) is -3.99. The minimum Gasteiger partial charge on any atom is -0.484 e. The number of hydrazine groups is 1. The van der Waals surface area contributed by atoms with Crippen LogP contribution in [0.1, 0.15) is 21.5 Å². The van der Waals surface area contributed by atoms with Crippen LogP contribution < -0.4 is 20.3 Å². The van der Waals surface area contributed by atoms with Crippen LogP contribution in [0.5, 0.6) is 5.75 Å². The number of sulfonamides is 1. The lowest BCUT2D eigenvalue weighted by Gasteiger charge is -2.12. The van der Waals surface area contributed by atoms with E-state index in [-0.39, 0.29) is 28.6 Å². The third-order valence-corrected chi connectivity index (χ3v) is 6.35. The van der Waals surface area contributed by atoms with Crippen LogP contribution in [0, 0.1) is 6.92 Å². The lowest BCUT2D eigenvalue weighted by Crippen LogP contribution is -2.43. The van der Waals surface area contributed by atoms with Crippen molar-refractivity contribution < 1.29 is 22.7 Å². The molecule has 0 bridgehead atoms. The van der Waals surface area contributed by atoms with E-state index >= 15 is 0 Å². The topological polar surface area (TPSA) is 114 Å². The van der Waals surface area contributed by atoms with Crippen LogP contribution in [0.15, 0.2) is 77.7 Å². The molecule has 10 heteroatoms. The average Bonchev–Trinajstić information content (AvgIpc) is 2.81. The van der Waals surface area contributed by atoms with Gasteiger partial charge in [0.15, 0.2) is 6.61 Å². The van der Waals surface area contributed by atoms with Crippen molar-refractivity contribution in [2.24, 2.45) is 0 Å². The Labute approximate surface area is 196 Å². The zero-order valence-corrected chi connectivity index (χ0v) is 19.2. The Morgan fingerprint density at radius 2 is 1.70 bits per heavy atom. The first-order valence-corrected chi connectivity index (χ1v) is 11.7. The predicted molar refractivity (Wildman–Crippen MR) is 124 cm³/mol. The second-order valence-electron chi connectivity index (χ2n) is 7.06. The Hall–Kier alpha value is -3.40. The number of halogens is 1. The van der Waals surface area contributed by atoms with Gasteiger partial charge in [0.05, 0.1) is 5.02 Å². The van der Waals surface area contributed by atoms with Gasteiger partial charge >= 0.3 is 0 Å². The van der Waals surface area contributed by atoms with Gasteiger partial charge in [-0.25, -0.2) is 13.1 Å². The van der Waals surface area contributed by atoms with Gasteiger partial charge in [-0.3, -0.25) is 20.4 Å². The number of rotatable bonds is 8. The number of nitrogens with one attached hydrogen (secondary N) is 3. The molecule has 3 rings (SSSR count). The molecule has 0 spiro atoms. The summed E-state index contributed by atoms with van der Waals surface area (Å²) < 4.78 is 33.2. The molecule has 33 heavy (non-hydrogen) atoms. The Kier molecular flexibility index (Phi) is 8.05. The number of hydrogen-bond donors (Lipinski definition) is 3. The minimum absolute atomic E-state index is 0.000566. The summed E-state index contributed by atoms with van der Waals surface area (Å²) >= 11 is 6.07. The van der Waals surface area contributed by atoms with E-state index in [1.807, 2.05) is 19.1 Å². The number of benzene rings is 3. The van der Waals surface area contributed by atoms with Crippen molar-refractivity contribution in [3.8, 4) is 5.75 Å². The van der Waals surface area contributed by atoms with Gasteiger partial charge in [-0.2, -0.15) is 0 Å². The van der Waals surface area contributed by atoms with Crippen LogP contribution in [0.3, 0.4) is 0 Å². The summed E-state index contributed by atoms with van der Waals surface area (Å²) in [6, 6.07) is 19.9. The third kappa shape index (κ3) is 7.04. The first-order valence-electron chi connectivity index (χ1n) is 9.86. The molecule has 0 aliphatic rings. The molecule has 0 aliphatic heterocycles. The highest BCUT2D eigenvalue weighted by Gasteiger charge is 2.20. The van der Waals surface area contributed by atoms with E-state index in [1.54, 1.807) is 42.5 Å². The quantitative estimate of drug-likeness (QED) is 0.423. The molecule has 0 saturated carbocycles. The lowest BCUT2D eigenvalue weighted by molar-refractivity contribution is -0.123. The number of amides is 2. The van der Waals surface area contributed by atoms with E-state index in [1.165, 1.54) is 12.1 Å². The lowest BCUT2D eigenvalue weighted by atomic mass is 10.2. The van der Waals surface area contributed by atoms with E-state index in [9.17, 15) is 18.0 Å². The highest BCUT2D eigenvalue weighted by molar-refractivity contribution is 7.89. The highest BCUT2D eigenvalue weighted by atomic mass is 35.5. The number of hydrogen-bond acceptors (Lipinski definition) is 5. The van der Waals surface area contributed by atoms with Crippen molar-refractivity contribution in [3.63, 3.8) is 0 Å². The van der Waals surface area contributed by atoms with Gasteiger partial charge in [0.1, 0.15) is 10.6 Å². The van der Waals surface area contributed by atoms with Crippen LogP contribution >= 0.6 is 11.6 Å². The molecule has 0 radical (unpaired) electrons. The largest absolute Gasteiger partial charge is 0.484 e. The third-order valence-electron chi connectivity index (χ3n) is 4.47. The Morgan fingerprint density at radius 3 is 2.42 bits per heavy atom. The summed E-state index contributed by atoms with van der Waals surface area (Å²) in [5, 5.41) is -0.0392. The molecule has 8 nitrogen and oxygen atoms in total. The zero-order valence-electron chi connectivity index (χ0n) is 17.7. The molecule has 3 aromatic carbocycles. The summed E-state index contributed by atoms with van der Waals surface area (Å²) in [6.07, 6.45) is 0. The Bertz CT molecular complexity index is 1250. The van der Waals surface area contributed by atoms with Crippen molar-refractivity contribution in [3.05, 3.63) is 94.5 Å². The van der Waals surface area contributed by atoms with Gasteiger partial charge in [0, 0.05) is 12.1 Å². The zero-order chi connectivity index (χ0) is 23.8. The summed E-state index contributed by atoms with van der Waals surface area (Å²) in [6.45, 7) is 1.64. The van der Waals surface area contributed by atoms with E-state index in [2.05, 4.69) is 15.6 Å². The second-order valence-corrected chi connectivity index (χ2v) is 9.21. The first kappa shape index (κ1) is 24.2. The number of ether oxygens (including phenoxy) is 1. The van der Waals surface area contributed by atoms with E-state index in [0.717, 1.165) is 17.2 Å². The van der Waals surface area contributed by atoms with Gasteiger partial charge in [-0.1, -0.05) is 54.1 Å². The molecule has 0 saturated heterocycles. The molecule has 0 aromatic heterocycles. The SMILES string of the molecule is Cc1cccc(OCC(=O)NNC(=O)c2ccc(Cl)c(S(=O)(=O)NCc3ccccc3)c2)c1. The minimum atomic E-state index is -3.99. The fourth-order valence-electron chi connectivity index (χ4n) is 2.79. The summed E-state index contributed by atoms with van der Waals surface area (Å²) in [4.78, 5) is 24.1. The van der Waals surface area contributed by atoms with E-state index in [0.29, 0.717) is 5.75 Å². The van der Waals surface area contributed by atoms with E-state index < -0.39 is 21.8 Å². The average molecular weight is 488 g/mol. The predicted octanol–water partition coefficient (Wildman–Crippen LogP) is 2.97. The van der Waals surface area contributed by atoms with Crippen LogP contribution in [-0.4, -0.2) is 26.8 Å². The van der Waals surface area contributed by atoms with Gasteiger partial charge in [0.2, 0.25) is 10.0 Å². The monoisotopic (exact) mass is 487 g/mol.